The first-order valence-corrected chi connectivity index (χ1v) is 3.74. The van der Waals surface area contributed by atoms with Crippen molar-refractivity contribution < 1.29 is 14.6 Å². The van der Waals surface area contributed by atoms with Crippen molar-refractivity contribution in [2.45, 2.75) is 13.3 Å². The van der Waals surface area contributed by atoms with Crippen molar-refractivity contribution >= 4 is 0 Å². The van der Waals surface area contributed by atoms with Gasteiger partial charge < -0.3 is 10.2 Å². The fourth-order valence-electron chi connectivity index (χ4n) is 1.08. The molecule has 0 amide bonds. The lowest BCUT2D eigenvalue weighted by Gasteiger charge is -2.05. The van der Waals surface area contributed by atoms with E-state index in [1.165, 1.54) is 12.1 Å². The van der Waals surface area contributed by atoms with Gasteiger partial charge in [0.1, 0.15) is 11.6 Å². The lowest BCUT2D eigenvalue weighted by Crippen LogP contribution is -1.97. The number of aryl methyl sites for hydroxylation is 1. The van der Waals surface area contributed by atoms with Crippen LogP contribution < -0.4 is 0 Å². The van der Waals surface area contributed by atoms with Crippen molar-refractivity contribution in [2.24, 2.45) is 0 Å². The lowest BCUT2D eigenvalue weighted by atomic mass is 10.1. The second kappa shape index (κ2) is 3.54. The molecule has 0 aliphatic heterocycles. The smallest absolute Gasteiger partial charge is 0.133 e. The van der Waals surface area contributed by atoms with Crippen LogP contribution in [0.25, 0.3) is 0 Å². The summed E-state index contributed by atoms with van der Waals surface area (Å²) in [5, 5.41) is 17.8. The van der Waals surface area contributed by atoms with Crippen molar-refractivity contribution in [3.05, 3.63) is 29.1 Å². The Kier molecular flexibility index (Phi) is 2.65. The number of aromatic hydroxyl groups is 1. The molecule has 0 radical (unpaired) electrons. The molecule has 2 nitrogen and oxygen atoms in total. The molecule has 0 fully saturated rings. The molecule has 0 aromatic heterocycles. The Morgan fingerprint density at radius 3 is 2.67 bits per heavy atom. The summed E-state index contributed by atoms with van der Waals surface area (Å²) in [5.74, 6) is -0.517. The van der Waals surface area contributed by atoms with Gasteiger partial charge in [0.15, 0.2) is 0 Å². The topological polar surface area (TPSA) is 40.5 Å². The van der Waals surface area contributed by atoms with E-state index in [1.807, 2.05) is 0 Å². The summed E-state index contributed by atoms with van der Waals surface area (Å²) in [5.41, 5.74) is 0.675. The highest BCUT2D eigenvalue weighted by Gasteiger charge is 2.09. The molecule has 0 spiro atoms. The number of benzene rings is 1. The Bertz CT molecular complexity index is 284. The van der Waals surface area contributed by atoms with Crippen LogP contribution in [-0.4, -0.2) is 16.8 Å². The predicted molar refractivity (Wildman–Crippen MR) is 43.6 cm³/mol. The third-order valence-corrected chi connectivity index (χ3v) is 1.77. The summed E-state index contributed by atoms with van der Waals surface area (Å²) >= 11 is 0. The summed E-state index contributed by atoms with van der Waals surface area (Å²) in [6.45, 7) is 1.46. The third-order valence-electron chi connectivity index (χ3n) is 1.77. The van der Waals surface area contributed by atoms with Gasteiger partial charge in [0.25, 0.3) is 0 Å². The summed E-state index contributed by atoms with van der Waals surface area (Å²) in [4.78, 5) is 0. The number of phenolic OH excluding ortho intramolecular Hbond substituents is 1. The number of hydrogen-bond donors (Lipinski definition) is 2. The molecule has 0 saturated heterocycles. The minimum atomic E-state index is -0.427. The minimum absolute atomic E-state index is 0.0906. The molecule has 12 heavy (non-hydrogen) atoms. The molecule has 0 aliphatic carbocycles. The van der Waals surface area contributed by atoms with E-state index in [2.05, 4.69) is 0 Å². The fourth-order valence-corrected chi connectivity index (χ4v) is 1.08. The van der Waals surface area contributed by atoms with Gasteiger partial charge in [-0.2, -0.15) is 0 Å². The first-order chi connectivity index (χ1) is 5.66. The van der Waals surface area contributed by atoms with Crippen molar-refractivity contribution in [1.82, 2.24) is 0 Å². The second-order valence-electron chi connectivity index (χ2n) is 2.67. The van der Waals surface area contributed by atoms with Gasteiger partial charge in [-0.3, -0.25) is 0 Å². The highest BCUT2D eigenvalue weighted by molar-refractivity contribution is 5.37. The number of aliphatic hydroxyl groups is 1. The molecule has 0 saturated carbocycles. The number of hydrogen-bond acceptors (Lipinski definition) is 2. The van der Waals surface area contributed by atoms with Crippen LogP contribution in [0.3, 0.4) is 0 Å². The Labute approximate surface area is 70.3 Å². The molecular weight excluding hydrogens is 159 g/mol. The van der Waals surface area contributed by atoms with E-state index in [9.17, 15) is 9.50 Å². The van der Waals surface area contributed by atoms with Crippen LogP contribution in [0, 0.1) is 12.7 Å². The van der Waals surface area contributed by atoms with E-state index in [-0.39, 0.29) is 24.3 Å². The van der Waals surface area contributed by atoms with Gasteiger partial charge in [-0.05, 0) is 18.6 Å². The van der Waals surface area contributed by atoms with Crippen LogP contribution in [-0.2, 0) is 6.42 Å². The maximum atomic E-state index is 13.2. The Balaban J connectivity index is 3.14. The van der Waals surface area contributed by atoms with Crippen LogP contribution >= 0.6 is 0 Å². The van der Waals surface area contributed by atoms with Crippen LogP contribution in [0.4, 0.5) is 4.39 Å². The van der Waals surface area contributed by atoms with Gasteiger partial charge in [-0.1, -0.05) is 6.07 Å². The van der Waals surface area contributed by atoms with Crippen molar-refractivity contribution in [1.29, 1.82) is 0 Å². The average molecular weight is 170 g/mol. The van der Waals surface area contributed by atoms with Gasteiger partial charge in [0.05, 0.1) is 0 Å². The zero-order valence-corrected chi connectivity index (χ0v) is 6.84. The van der Waals surface area contributed by atoms with Crippen LogP contribution in [0.2, 0.25) is 0 Å². The van der Waals surface area contributed by atoms with Gasteiger partial charge in [0, 0.05) is 18.6 Å². The third kappa shape index (κ3) is 1.56. The monoisotopic (exact) mass is 170 g/mol. The second-order valence-corrected chi connectivity index (χ2v) is 2.67. The highest BCUT2D eigenvalue weighted by Crippen LogP contribution is 2.22. The van der Waals surface area contributed by atoms with Crippen LogP contribution in [0.15, 0.2) is 12.1 Å². The zero-order valence-electron chi connectivity index (χ0n) is 6.84. The predicted octanol–water partition coefficient (Wildman–Crippen LogP) is 1.37. The Hall–Kier alpha value is -1.09. The first-order valence-electron chi connectivity index (χ1n) is 3.74. The SMILES string of the molecule is Cc1ccc(O)c(CCO)c1F. The molecule has 1 aromatic carbocycles. The van der Waals surface area contributed by atoms with E-state index in [0.29, 0.717) is 5.56 Å². The summed E-state index contributed by atoms with van der Waals surface area (Å²) in [6.07, 6.45) is 0.152. The normalized spacial score (nSPS) is 10.2. The average Bonchev–Trinajstić information content (AvgIpc) is 2.06. The number of aliphatic hydroxyl groups excluding tert-OH is 1. The Morgan fingerprint density at radius 2 is 2.08 bits per heavy atom. The maximum Gasteiger partial charge on any atom is 0.133 e. The van der Waals surface area contributed by atoms with E-state index in [0.717, 1.165) is 0 Å². The molecule has 0 unspecified atom stereocenters. The lowest BCUT2D eigenvalue weighted by molar-refractivity contribution is 0.295. The molecule has 2 N–H and O–H groups in total. The van der Waals surface area contributed by atoms with Crippen molar-refractivity contribution in [3.8, 4) is 5.75 Å². The van der Waals surface area contributed by atoms with E-state index in [1.54, 1.807) is 6.92 Å². The molecule has 1 aromatic rings. The summed E-state index contributed by atoms with van der Waals surface area (Å²) in [7, 11) is 0. The van der Waals surface area contributed by atoms with Crippen LogP contribution in [0.5, 0.6) is 5.75 Å². The zero-order chi connectivity index (χ0) is 9.14. The largest absolute Gasteiger partial charge is 0.508 e. The fraction of sp³-hybridized carbons (Fsp3) is 0.333. The molecule has 66 valence electrons. The van der Waals surface area contributed by atoms with Crippen molar-refractivity contribution in [3.63, 3.8) is 0 Å². The van der Waals surface area contributed by atoms with Gasteiger partial charge in [-0.15, -0.1) is 0 Å². The molecule has 0 aliphatic rings. The van der Waals surface area contributed by atoms with E-state index < -0.39 is 5.82 Å². The molecule has 0 atom stereocenters. The van der Waals surface area contributed by atoms with Gasteiger partial charge >= 0.3 is 0 Å². The molecular formula is C9H11FO2. The first kappa shape index (κ1) is 9.00. The quantitative estimate of drug-likeness (QED) is 0.703. The van der Waals surface area contributed by atoms with E-state index in [4.69, 9.17) is 5.11 Å². The number of rotatable bonds is 2. The highest BCUT2D eigenvalue weighted by atomic mass is 19.1. The minimum Gasteiger partial charge on any atom is -0.508 e. The van der Waals surface area contributed by atoms with Gasteiger partial charge in [0.2, 0.25) is 0 Å². The molecule has 0 heterocycles. The van der Waals surface area contributed by atoms with Crippen molar-refractivity contribution in [2.75, 3.05) is 6.61 Å². The van der Waals surface area contributed by atoms with E-state index >= 15 is 0 Å². The summed E-state index contributed by atoms with van der Waals surface area (Å²) in [6, 6.07) is 2.94. The standard InChI is InChI=1S/C9H11FO2/c1-6-2-3-8(12)7(4-5-11)9(6)10/h2-3,11-12H,4-5H2,1H3. The molecule has 0 bridgehead atoms. The number of halogens is 1. The maximum absolute atomic E-state index is 13.2. The Morgan fingerprint density at radius 1 is 1.42 bits per heavy atom. The molecule has 3 heteroatoms. The summed E-state index contributed by atoms with van der Waals surface area (Å²) < 4.78 is 13.2. The van der Waals surface area contributed by atoms with Gasteiger partial charge in [-0.25, -0.2) is 4.39 Å². The van der Waals surface area contributed by atoms with Crippen LogP contribution in [0.1, 0.15) is 11.1 Å². The number of phenols is 1. The molecule has 1 rings (SSSR count).